The second-order valence-corrected chi connectivity index (χ2v) is 5.35. The number of amides is 2. The number of urea groups is 1. The first-order valence-corrected chi connectivity index (χ1v) is 8.20. The number of rotatable bonds is 7. The van der Waals surface area contributed by atoms with Crippen molar-refractivity contribution in [1.82, 2.24) is 0 Å². The monoisotopic (exact) mass is 385 g/mol. The fraction of sp³-hybridized carbons (Fsp3) is 0.211. The Bertz CT molecular complexity index is 830. The second kappa shape index (κ2) is 10.4. The molecule has 0 radical (unpaired) electrons. The lowest BCUT2D eigenvalue weighted by Crippen LogP contribution is -2.37. The topological polar surface area (TPSA) is 121 Å². The lowest BCUT2D eigenvalue weighted by Gasteiger charge is -2.22. The molecule has 2 aromatic carbocycles. The summed E-state index contributed by atoms with van der Waals surface area (Å²) in [6.45, 7) is -0.467. The van der Waals surface area contributed by atoms with Crippen LogP contribution in [0.1, 0.15) is 5.56 Å². The fourth-order valence-electron chi connectivity index (χ4n) is 2.19. The number of carbonyl (C=O) groups is 2. The molecule has 0 spiro atoms. The SMILES string of the molecule is COC(=O)OCOc1ccc(N(CCO)C(=O)Nc2ccc(C#N)cc2)cc1. The zero-order chi connectivity index (χ0) is 20.4. The minimum absolute atomic E-state index is 0.0772. The number of nitrogens with zero attached hydrogens (tertiary/aromatic N) is 2. The Balaban J connectivity index is 2.02. The average Bonchev–Trinajstić information content (AvgIpc) is 2.73. The highest BCUT2D eigenvalue weighted by molar-refractivity contribution is 6.01. The molecule has 2 rings (SSSR count). The van der Waals surface area contributed by atoms with E-state index in [1.54, 1.807) is 48.5 Å². The predicted octanol–water partition coefficient (Wildman–Crippen LogP) is 2.71. The highest BCUT2D eigenvalue weighted by Gasteiger charge is 2.15. The third-order valence-corrected chi connectivity index (χ3v) is 3.55. The molecule has 2 N–H and O–H groups in total. The van der Waals surface area contributed by atoms with Crippen LogP contribution in [-0.2, 0) is 9.47 Å². The molecule has 0 fully saturated rings. The first-order valence-electron chi connectivity index (χ1n) is 8.20. The van der Waals surface area contributed by atoms with Gasteiger partial charge >= 0.3 is 12.2 Å². The minimum Gasteiger partial charge on any atom is -0.457 e. The van der Waals surface area contributed by atoms with Crippen molar-refractivity contribution in [2.75, 3.05) is 37.3 Å². The van der Waals surface area contributed by atoms with Crippen LogP contribution in [-0.4, -0.2) is 44.3 Å². The Morgan fingerprint density at radius 1 is 1.14 bits per heavy atom. The molecular weight excluding hydrogens is 366 g/mol. The standard InChI is InChI=1S/C19H19N3O6/c1-26-19(25)28-13-27-17-8-6-16(7-9-17)22(10-11-23)18(24)21-15-4-2-14(12-20)3-5-15/h2-9,23H,10-11,13H2,1H3,(H,21,24). The fourth-order valence-corrected chi connectivity index (χ4v) is 2.19. The van der Waals surface area contributed by atoms with Crippen LogP contribution in [0.5, 0.6) is 5.75 Å². The van der Waals surface area contributed by atoms with Gasteiger partial charge in [0.1, 0.15) is 5.75 Å². The Morgan fingerprint density at radius 2 is 1.82 bits per heavy atom. The van der Waals surface area contributed by atoms with Gasteiger partial charge in [0.15, 0.2) is 0 Å². The van der Waals surface area contributed by atoms with E-state index < -0.39 is 12.2 Å². The maximum absolute atomic E-state index is 12.6. The van der Waals surface area contributed by atoms with Gasteiger partial charge in [0, 0.05) is 11.4 Å². The summed E-state index contributed by atoms with van der Waals surface area (Å²) >= 11 is 0. The van der Waals surface area contributed by atoms with Crippen LogP contribution >= 0.6 is 0 Å². The molecule has 2 amide bonds. The van der Waals surface area contributed by atoms with Gasteiger partial charge in [0.05, 0.1) is 31.9 Å². The molecule has 0 unspecified atom stereocenters. The molecule has 0 aliphatic carbocycles. The van der Waals surface area contributed by atoms with E-state index in [4.69, 9.17) is 10.00 Å². The third kappa shape index (κ3) is 5.89. The maximum atomic E-state index is 12.6. The largest absolute Gasteiger partial charge is 0.510 e. The van der Waals surface area contributed by atoms with Crippen molar-refractivity contribution in [2.24, 2.45) is 0 Å². The van der Waals surface area contributed by atoms with Gasteiger partial charge in [-0.1, -0.05) is 0 Å². The first kappa shape index (κ1) is 20.5. The predicted molar refractivity (Wildman–Crippen MR) is 100 cm³/mol. The van der Waals surface area contributed by atoms with Crippen molar-refractivity contribution in [3.05, 3.63) is 54.1 Å². The van der Waals surface area contributed by atoms with E-state index in [1.165, 1.54) is 12.0 Å². The molecule has 0 saturated heterocycles. The highest BCUT2D eigenvalue weighted by Crippen LogP contribution is 2.21. The molecule has 0 aliphatic heterocycles. The van der Waals surface area contributed by atoms with Gasteiger partial charge in [-0.3, -0.25) is 4.90 Å². The van der Waals surface area contributed by atoms with Crippen LogP contribution in [0.3, 0.4) is 0 Å². The number of aliphatic hydroxyl groups is 1. The summed E-state index contributed by atoms with van der Waals surface area (Å²) in [7, 11) is 1.19. The zero-order valence-electron chi connectivity index (χ0n) is 15.1. The van der Waals surface area contributed by atoms with Crippen LogP contribution in [0.4, 0.5) is 21.0 Å². The molecule has 0 heterocycles. The van der Waals surface area contributed by atoms with Gasteiger partial charge in [0.2, 0.25) is 6.79 Å². The number of methoxy groups -OCH3 is 1. The van der Waals surface area contributed by atoms with E-state index in [2.05, 4.69) is 14.8 Å². The van der Waals surface area contributed by atoms with Gasteiger partial charge in [-0.2, -0.15) is 5.26 Å². The molecule has 0 atom stereocenters. The highest BCUT2D eigenvalue weighted by atomic mass is 16.8. The number of nitriles is 1. The molecule has 9 heteroatoms. The van der Waals surface area contributed by atoms with E-state index >= 15 is 0 Å². The molecule has 146 valence electrons. The molecule has 9 nitrogen and oxygen atoms in total. The zero-order valence-corrected chi connectivity index (χ0v) is 15.1. The van der Waals surface area contributed by atoms with Crippen molar-refractivity contribution in [3.8, 4) is 11.8 Å². The Hall–Kier alpha value is -3.77. The number of anilines is 2. The second-order valence-electron chi connectivity index (χ2n) is 5.35. The van der Waals surface area contributed by atoms with E-state index in [1.807, 2.05) is 6.07 Å². The number of hydrogen-bond donors (Lipinski definition) is 2. The lowest BCUT2D eigenvalue weighted by molar-refractivity contribution is 0.0150. The van der Waals surface area contributed by atoms with Crippen molar-refractivity contribution >= 4 is 23.6 Å². The molecule has 0 aliphatic rings. The molecule has 28 heavy (non-hydrogen) atoms. The third-order valence-electron chi connectivity index (χ3n) is 3.55. The smallest absolute Gasteiger partial charge is 0.457 e. The van der Waals surface area contributed by atoms with Crippen LogP contribution in [0.25, 0.3) is 0 Å². The molecule has 0 saturated carbocycles. The molecule has 0 bridgehead atoms. The van der Waals surface area contributed by atoms with Gasteiger partial charge in [-0.05, 0) is 48.5 Å². The quantitative estimate of drug-likeness (QED) is 0.555. The van der Waals surface area contributed by atoms with Crippen molar-refractivity contribution in [2.45, 2.75) is 0 Å². The van der Waals surface area contributed by atoms with Crippen molar-refractivity contribution < 1.29 is 28.9 Å². The number of benzene rings is 2. The lowest BCUT2D eigenvalue weighted by atomic mass is 10.2. The summed E-state index contributed by atoms with van der Waals surface area (Å²) in [5.74, 6) is 0.420. The van der Waals surface area contributed by atoms with Crippen molar-refractivity contribution in [3.63, 3.8) is 0 Å². The van der Waals surface area contributed by atoms with Gasteiger partial charge in [0.25, 0.3) is 0 Å². The van der Waals surface area contributed by atoms with E-state index in [0.29, 0.717) is 22.7 Å². The van der Waals surface area contributed by atoms with E-state index in [-0.39, 0.29) is 19.9 Å². The van der Waals surface area contributed by atoms with Crippen LogP contribution in [0.15, 0.2) is 48.5 Å². The van der Waals surface area contributed by atoms with Gasteiger partial charge in [-0.15, -0.1) is 0 Å². The van der Waals surface area contributed by atoms with Gasteiger partial charge in [-0.25, -0.2) is 9.59 Å². The number of hydrogen-bond acceptors (Lipinski definition) is 7. The van der Waals surface area contributed by atoms with Crippen LogP contribution in [0, 0.1) is 11.3 Å². The molecule has 2 aromatic rings. The molecule has 0 aromatic heterocycles. The summed E-state index contributed by atoms with van der Waals surface area (Å²) in [4.78, 5) is 24.8. The van der Waals surface area contributed by atoms with Crippen LogP contribution in [0.2, 0.25) is 0 Å². The minimum atomic E-state index is -0.856. The Morgan fingerprint density at radius 3 is 2.39 bits per heavy atom. The van der Waals surface area contributed by atoms with Crippen LogP contribution < -0.4 is 15.0 Å². The summed E-state index contributed by atoms with van der Waals surface area (Å²) < 4.78 is 14.2. The summed E-state index contributed by atoms with van der Waals surface area (Å²) in [5.41, 5.74) is 1.53. The summed E-state index contributed by atoms with van der Waals surface area (Å²) in [6.07, 6.45) is -0.856. The Labute approximate surface area is 161 Å². The van der Waals surface area contributed by atoms with Gasteiger partial charge < -0.3 is 24.6 Å². The van der Waals surface area contributed by atoms with E-state index in [0.717, 1.165) is 0 Å². The van der Waals surface area contributed by atoms with Crippen molar-refractivity contribution in [1.29, 1.82) is 5.26 Å². The van der Waals surface area contributed by atoms with E-state index in [9.17, 15) is 14.7 Å². The first-order chi connectivity index (χ1) is 13.6. The number of aliphatic hydroxyl groups excluding tert-OH is 1. The number of nitrogens with one attached hydrogen (secondary N) is 1. The molecular formula is C19H19N3O6. The number of carbonyl (C=O) groups excluding carboxylic acids is 2. The summed E-state index contributed by atoms with van der Waals surface area (Å²) in [6, 6.07) is 14.4. The maximum Gasteiger partial charge on any atom is 0.510 e. The average molecular weight is 385 g/mol. The summed E-state index contributed by atoms with van der Waals surface area (Å²) in [5, 5.41) is 20.8. The normalized spacial score (nSPS) is 9.75. The Kier molecular flexibility index (Phi) is 7.63. The number of ether oxygens (including phenoxy) is 3.